The quantitative estimate of drug-likeness (QED) is 0.676. The number of anilines is 2. The van der Waals surface area contributed by atoms with Gasteiger partial charge < -0.3 is 5.32 Å². The van der Waals surface area contributed by atoms with E-state index in [0.29, 0.717) is 11.4 Å². The highest BCUT2D eigenvalue weighted by Crippen LogP contribution is 2.14. The Hall–Kier alpha value is -1.86. The summed E-state index contributed by atoms with van der Waals surface area (Å²) in [4.78, 5) is 11.0. The van der Waals surface area contributed by atoms with Crippen LogP contribution in [0, 0.1) is 0 Å². The normalized spacial score (nSPS) is 10.6. The van der Waals surface area contributed by atoms with E-state index in [4.69, 9.17) is 0 Å². The van der Waals surface area contributed by atoms with E-state index in [1.54, 1.807) is 12.1 Å². The average Bonchev–Trinajstić information content (AvgIpc) is 2.31. The predicted molar refractivity (Wildman–Crippen MR) is 66.9 cm³/mol. The highest BCUT2D eigenvalue weighted by Gasteiger charge is 2.05. The smallest absolute Gasteiger partial charge is 0.298 e. The van der Waals surface area contributed by atoms with Gasteiger partial charge >= 0.3 is 0 Å². The molecule has 1 aromatic carbocycles. The van der Waals surface area contributed by atoms with Crippen molar-refractivity contribution >= 4 is 27.5 Å². The molecule has 1 amide bonds. The molecule has 0 unspecified atom stereocenters. The molecular weight excluding hydrogens is 242 g/mol. The highest BCUT2D eigenvalue weighted by molar-refractivity contribution is 7.90. The minimum atomic E-state index is -3.52. The van der Waals surface area contributed by atoms with Crippen molar-refractivity contribution in [3.05, 3.63) is 36.9 Å². The first-order valence-corrected chi connectivity index (χ1v) is 6.20. The summed E-state index contributed by atoms with van der Waals surface area (Å²) in [5.41, 5.74) is 0.957. The summed E-state index contributed by atoms with van der Waals surface area (Å²) in [5.74, 6) is -0.325. The molecule has 0 aliphatic carbocycles. The second-order valence-electron chi connectivity index (χ2n) is 3.08. The summed E-state index contributed by atoms with van der Waals surface area (Å²) < 4.78 is 26.8. The molecule has 3 N–H and O–H groups in total. The number of carbonyl (C=O) groups excluding carboxylic acids is 1. The van der Waals surface area contributed by atoms with Gasteiger partial charge in [-0.05, 0) is 30.3 Å². The average molecular weight is 255 g/mol. The summed E-state index contributed by atoms with van der Waals surface area (Å²) >= 11 is 0. The zero-order valence-corrected chi connectivity index (χ0v) is 10.0. The molecule has 6 nitrogen and oxygen atoms in total. The van der Waals surface area contributed by atoms with Gasteiger partial charge in [-0.25, -0.2) is 4.72 Å². The van der Waals surface area contributed by atoms with E-state index in [-0.39, 0.29) is 5.91 Å². The Morgan fingerprint density at radius 3 is 2.24 bits per heavy atom. The van der Waals surface area contributed by atoms with Crippen LogP contribution in [0.4, 0.5) is 11.4 Å². The van der Waals surface area contributed by atoms with Gasteiger partial charge in [-0.2, -0.15) is 8.42 Å². The number of benzene rings is 1. The van der Waals surface area contributed by atoms with Crippen molar-refractivity contribution in [3.63, 3.8) is 0 Å². The second kappa shape index (κ2) is 5.46. The number of nitrogens with one attached hydrogen (secondary N) is 3. The molecule has 0 fully saturated rings. The highest BCUT2D eigenvalue weighted by atomic mass is 32.2. The van der Waals surface area contributed by atoms with E-state index >= 15 is 0 Å². The maximum absolute atomic E-state index is 11.2. The topological polar surface area (TPSA) is 87.3 Å². The molecule has 17 heavy (non-hydrogen) atoms. The Morgan fingerprint density at radius 2 is 1.76 bits per heavy atom. The van der Waals surface area contributed by atoms with Crippen molar-refractivity contribution < 1.29 is 13.2 Å². The van der Waals surface area contributed by atoms with Crippen LogP contribution >= 0.6 is 0 Å². The van der Waals surface area contributed by atoms with E-state index < -0.39 is 10.2 Å². The summed E-state index contributed by atoms with van der Waals surface area (Å²) in [7, 11) is -2.21. The number of carbonyl (C=O) groups is 1. The van der Waals surface area contributed by atoms with Crippen molar-refractivity contribution in [1.29, 1.82) is 0 Å². The van der Waals surface area contributed by atoms with Crippen LogP contribution in [-0.2, 0) is 15.0 Å². The Labute approximate surface area is 99.9 Å². The third-order valence-electron chi connectivity index (χ3n) is 1.86. The van der Waals surface area contributed by atoms with Gasteiger partial charge in [-0.15, -0.1) is 0 Å². The zero-order valence-electron chi connectivity index (χ0n) is 9.23. The number of hydrogen-bond donors (Lipinski definition) is 3. The van der Waals surface area contributed by atoms with Gasteiger partial charge in [0.25, 0.3) is 10.2 Å². The molecule has 1 aromatic rings. The molecular formula is C10H13N3O3S. The first kappa shape index (κ1) is 13.2. The Morgan fingerprint density at radius 1 is 1.24 bits per heavy atom. The Balaban J connectivity index is 2.75. The number of rotatable bonds is 5. The fourth-order valence-electron chi connectivity index (χ4n) is 1.02. The van der Waals surface area contributed by atoms with Crippen LogP contribution in [0.15, 0.2) is 36.9 Å². The van der Waals surface area contributed by atoms with Crippen LogP contribution in [0.1, 0.15) is 0 Å². The monoisotopic (exact) mass is 255 g/mol. The maximum Gasteiger partial charge on any atom is 0.298 e. The molecule has 0 spiro atoms. The lowest BCUT2D eigenvalue weighted by atomic mass is 10.3. The molecule has 0 saturated carbocycles. The SMILES string of the molecule is C=CC(=O)Nc1ccc(NS(=O)(=O)NC)cc1. The molecule has 0 aliphatic heterocycles. The first-order chi connectivity index (χ1) is 7.96. The van der Waals surface area contributed by atoms with E-state index in [2.05, 4.69) is 21.3 Å². The molecule has 0 aliphatic rings. The van der Waals surface area contributed by atoms with Gasteiger partial charge in [0.1, 0.15) is 0 Å². The van der Waals surface area contributed by atoms with Crippen molar-refractivity contribution in [3.8, 4) is 0 Å². The zero-order chi connectivity index (χ0) is 12.9. The molecule has 0 radical (unpaired) electrons. The van der Waals surface area contributed by atoms with Gasteiger partial charge in [-0.3, -0.25) is 9.52 Å². The van der Waals surface area contributed by atoms with Crippen LogP contribution in [0.5, 0.6) is 0 Å². The van der Waals surface area contributed by atoms with Crippen LogP contribution in [0.2, 0.25) is 0 Å². The molecule has 0 saturated heterocycles. The van der Waals surface area contributed by atoms with E-state index in [1.165, 1.54) is 19.2 Å². The molecule has 0 atom stereocenters. The molecule has 1 rings (SSSR count). The summed E-state index contributed by atoms with van der Waals surface area (Å²) in [5, 5.41) is 2.55. The lowest BCUT2D eigenvalue weighted by Crippen LogP contribution is -2.26. The molecule has 0 aromatic heterocycles. The molecule has 92 valence electrons. The molecule has 0 bridgehead atoms. The number of hydrogen-bond acceptors (Lipinski definition) is 3. The third-order valence-corrected chi connectivity index (χ3v) is 2.90. The summed E-state index contributed by atoms with van der Waals surface area (Å²) in [6, 6.07) is 6.23. The Bertz CT molecular complexity index is 508. The van der Waals surface area contributed by atoms with Gasteiger partial charge in [0.15, 0.2) is 0 Å². The number of amides is 1. The summed E-state index contributed by atoms with van der Waals surface area (Å²) in [6.07, 6.45) is 1.15. The van der Waals surface area contributed by atoms with E-state index in [1.807, 2.05) is 0 Å². The maximum atomic E-state index is 11.2. The van der Waals surface area contributed by atoms with Crippen LogP contribution in [0.3, 0.4) is 0 Å². The van der Waals surface area contributed by atoms with E-state index in [9.17, 15) is 13.2 Å². The van der Waals surface area contributed by atoms with Crippen molar-refractivity contribution in [2.24, 2.45) is 0 Å². The van der Waals surface area contributed by atoms with Gasteiger partial charge in [0.05, 0.1) is 0 Å². The van der Waals surface area contributed by atoms with Crippen molar-refractivity contribution in [2.75, 3.05) is 17.1 Å². The van der Waals surface area contributed by atoms with Crippen molar-refractivity contribution in [2.45, 2.75) is 0 Å². The fourth-order valence-corrected chi connectivity index (χ4v) is 1.57. The van der Waals surface area contributed by atoms with Crippen LogP contribution in [0.25, 0.3) is 0 Å². The fraction of sp³-hybridized carbons (Fsp3) is 0.100. The second-order valence-corrected chi connectivity index (χ2v) is 4.70. The first-order valence-electron chi connectivity index (χ1n) is 4.71. The lowest BCUT2D eigenvalue weighted by molar-refractivity contribution is -0.111. The summed E-state index contributed by atoms with van der Waals surface area (Å²) in [6.45, 7) is 3.32. The Kier molecular flexibility index (Phi) is 4.24. The lowest BCUT2D eigenvalue weighted by Gasteiger charge is -2.07. The molecule has 0 heterocycles. The van der Waals surface area contributed by atoms with Gasteiger partial charge in [-0.1, -0.05) is 6.58 Å². The van der Waals surface area contributed by atoms with Crippen molar-refractivity contribution in [1.82, 2.24) is 4.72 Å². The van der Waals surface area contributed by atoms with Gasteiger partial charge in [0, 0.05) is 18.4 Å². The molecule has 7 heteroatoms. The largest absolute Gasteiger partial charge is 0.323 e. The third kappa shape index (κ3) is 4.25. The van der Waals surface area contributed by atoms with Crippen LogP contribution in [-0.4, -0.2) is 21.4 Å². The standard InChI is InChI=1S/C10H13N3O3S/c1-3-10(14)12-8-4-6-9(7-5-8)13-17(15,16)11-2/h3-7,11,13H,1H2,2H3,(H,12,14). The van der Waals surface area contributed by atoms with Crippen LogP contribution < -0.4 is 14.8 Å². The minimum absolute atomic E-state index is 0.325. The minimum Gasteiger partial charge on any atom is -0.323 e. The van der Waals surface area contributed by atoms with Gasteiger partial charge in [0.2, 0.25) is 5.91 Å². The van der Waals surface area contributed by atoms with E-state index in [0.717, 1.165) is 6.08 Å². The predicted octanol–water partition coefficient (Wildman–Crippen LogP) is 0.687.